The fourth-order valence-electron chi connectivity index (χ4n) is 2.38. The Morgan fingerprint density at radius 2 is 1.85 bits per heavy atom. The van der Waals surface area contributed by atoms with E-state index in [1.165, 1.54) is 33.2 Å². The van der Waals surface area contributed by atoms with Gasteiger partial charge < -0.3 is 45.7 Å². The molecule has 0 aromatic heterocycles. The van der Waals surface area contributed by atoms with E-state index in [9.17, 15) is 14.4 Å². The molecule has 0 aromatic carbocycles. The zero-order valence-electron chi connectivity index (χ0n) is 20.7. The van der Waals surface area contributed by atoms with Gasteiger partial charge in [-0.1, -0.05) is 0 Å². The minimum Gasteiger partial charge on any atom is -0.478 e. The molecule has 13 heteroatoms. The van der Waals surface area contributed by atoms with Gasteiger partial charge in [-0.2, -0.15) is 0 Å². The Hall–Kier alpha value is -2.87. The summed E-state index contributed by atoms with van der Waals surface area (Å²) in [7, 11) is 2.80. The van der Waals surface area contributed by atoms with E-state index in [0.717, 1.165) is 0 Å². The summed E-state index contributed by atoms with van der Waals surface area (Å²) in [5, 5.41) is 8.06. The number of carbonyl (C=O) groups excluding carboxylic acids is 3. The number of aliphatic hydroxyl groups excluding tert-OH is 1. The van der Waals surface area contributed by atoms with Gasteiger partial charge in [0.1, 0.15) is 6.10 Å². The van der Waals surface area contributed by atoms with E-state index < -0.39 is 36.2 Å². The molecule has 0 aromatic rings. The minimum atomic E-state index is -0.736. The van der Waals surface area contributed by atoms with Crippen molar-refractivity contribution in [2.75, 3.05) is 27.4 Å². The largest absolute Gasteiger partial charge is 0.478 e. The van der Waals surface area contributed by atoms with Crippen molar-refractivity contribution in [3.05, 3.63) is 23.7 Å². The van der Waals surface area contributed by atoms with Crippen molar-refractivity contribution in [3.8, 4) is 0 Å². The summed E-state index contributed by atoms with van der Waals surface area (Å²) < 4.78 is 24.8. The first-order valence-corrected chi connectivity index (χ1v) is 10.5. The summed E-state index contributed by atoms with van der Waals surface area (Å²) in [6.07, 6.45) is 1.97. The number of hydrogen-bond acceptors (Lipinski definition) is 13. The molecule has 34 heavy (non-hydrogen) atoms. The predicted octanol–water partition coefficient (Wildman–Crippen LogP) is -0.672. The van der Waals surface area contributed by atoms with Crippen LogP contribution in [0.2, 0.25) is 0 Å². The molecule has 1 heterocycles. The maximum absolute atomic E-state index is 11.5. The summed E-state index contributed by atoms with van der Waals surface area (Å²) in [6.45, 7) is 6.44. The Bertz CT molecular complexity index is 666. The van der Waals surface area contributed by atoms with Crippen LogP contribution in [0.15, 0.2) is 23.7 Å². The first kappa shape index (κ1) is 33.3. The lowest BCUT2D eigenvalue weighted by Crippen LogP contribution is -2.49. The van der Waals surface area contributed by atoms with Gasteiger partial charge in [0.2, 0.25) is 5.76 Å². The zero-order valence-corrected chi connectivity index (χ0v) is 20.7. The van der Waals surface area contributed by atoms with E-state index in [0.29, 0.717) is 18.7 Å². The second-order valence-electron chi connectivity index (χ2n) is 7.23. The maximum Gasteiger partial charge on any atom is 0.372 e. The van der Waals surface area contributed by atoms with Crippen LogP contribution in [-0.4, -0.2) is 74.8 Å². The monoisotopic (exact) mass is 492 g/mol. The summed E-state index contributed by atoms with van der Waals surface area (Å²) in [4.78, 5) is 33.6. The van der Waals surface area contributed by atoms with Crippen LogP contribution in [0, 0.1) is 0 Å². The van der Waals surface area contributed by atoms with Crippen LogP contribution < -0.4 is 22.7 Å². The Kier molecular flexibility index (Phi) is 19.2. The van der Waals surface area contributed by atoms with Crippen molar-refractivity contribution in [1.29, 1.82) is 0 Å². The van der Waals surface area contributed by atoms with Crippen LogP contribution in [-0.2, 0) is 38.1 Å². The molecule has 0 radical (unpaired) electrons. The third-order valence-electron chi connectivity index (χ3n) is 3.62. The number of hydrazine groups is 1. The van der Waals surface area contributed by atoms with Crippen molar-refractivity contribution in [2.45, 2.75) is 64.9 Å². The first-order chi connectivity index (χ1) is 15.9. The number of nitrogens with two attached hydrogens (primary N) is 3. The second kappa shape index (κ2) is 19.6. The molecule has 0 fully saturated rings. The van der Waals surface area contributed by atoms with E-state index in [1.54, 1.807) is 21.0 Å². The van der Waals surface area contributed by atoms with E-state index in [-0.39, 0.29) is 24.9 Å². The number of rotatable bonds is 9. The number of ether oxygens (including phenoxy) is 5. The fourth-order valence-corrected chi connectivity index (χ4v) is 2.38. The average Bonchev–Trinajstić information content (AvgIpc) is 2.73. The summed E-state index contributed by atoms with van der Waals surface area (Å²) in [5.41, 5.74) is 14.1. The van der Waals surface area contributed by atoms with Gasteiger partial charge in [0, 0.05) is 45.7 Å². The Morgan fingerprint density at radius 1 is 1.26 bits per heavy atom. The molecular weight excluding hydrogens is 452 g/mol. The quantitative estimate of drug-likeness (QED) is 0.117. The van der Waals surface area contributed by atoms with Crippen LogP contribution in [0.5, 0.6) is 0 Å². The van der Waals surface area contributed by atoms with Crippen molar-refractivity contribution in [2.24, 2.45) is 17.3 Å². The molecule has 3 atom stereocenters. The third kappa shape index (κ3) is 17.7. The number of esters is 3. The fraction of sp³-hybridized carbons (Fsp3) is 0.667. The lowest BCUT2D eigenvalue weighted by atomic mass is 9.98. The molecule has 0 saturated carbocycles. The van der Waals surface area contributed by atoms with Crippen molar-refractivity contribution >= 4 is 17.9 Å². The van der Waals surface area contributed by atoms with Crippen LogP contribution in [0.4, 0.5) is 0 Å². The Labute approximate surface area is 200 Å². The van der Waals surface area contributed by atoms with Crippen molar-refractivity contribution in [1.82, 2.24) is 5.43 Å². The lowest BCUT2D eigenvalue weighted by molar-refractivity contribution is -0.159. The van der Waals surface area contributed by atoms with Gasteiger partial charge in [-0.3, -0.25) is 15.4 Å². The third-order valence-corrected chi connectivity index (χ3v) is 3.62. The smallest absolute Gasteiger partial charge is 0.372 e. The molecule has 0 bridgehead atoms. The Balaban J connectivity index is 0. The van der Waals surface area contributed by atoms with Crippen molar-refractivity contribution < 1.29 is 43.2 Å². The molecule has 0 amide bonds. The summed E-state index contributed by atoms with van der Waals surface area (Å²) >= 11 is 0. The molecule has 8 N–H and O–H groups in total. The van der Waals surface area contributed by atoms with Gasteiger partial charge in [0.05, 0.1) is 26.0 Å². The molecule has 0 saturated heterocycles. The highest BCUT2D eigenvalue weighted by Crippen LogP contribution is 2.23. The highest BCUT2D eigenvalue weighted by atomic mass is 16.6. The summed E-state index contributed by atoms with van der Waals surface area (Å²) in [6, 6.07) is -0.463. The zero-order chi connectivity index (χ0) is 26.7. The molecule has 3 unspecified atom stereocenters. The molecule has 1 rings (SSSR count). The number of carbonyl (C=O) groups is 3. The number of aliphatic hydroxyl groups is 1. The lowest BCUT2D eigenvalue weighted by Gasteiger charge is -2.34. The number of nitrogens with one attached hydrogen (secondary N) is 1. The molecular formula is C21H40N4O9. The topological polar surface area (TPSA) is 208 Å². The van der Waals surface area contributed by atoms with Gasteiger partial charge in [0.15, 0.2) is 6.10 Å². The van der Waals surface area contributed by atoms with Gasteiger partial charge in [-0.15, -0.1) is 0 Å². The number of hydrogen-bond donors (Lipinski definition) is 5. The van der Waals surface area contributed by atoms with Gasteiger partial charge in [0.25, 0.3) is 0 Å². The maximum atomic E-state index is 11.5. The van der Waals surface area contributed by atoms with Crippen LogP contribution in [0.25, 0.3) is 0 Å². The highest BCUT2D eigenvalue weighted by Gasteiger charge is 2.36. The van der Waals surface area contributed by atoms with Crippen molar-refractivity contribution in [3.63, 3.8) is 0 Å². The standard InChI is InChI=1S/C14H21NO7.C4H11N3O.C3H8O/c1-8(16)20-7-6-11(21-9(2)17)13-10(15)4-5-12(22-13)14(18)19-3;1-8-3-4(5)2-7-6;1-3(2)4/h5,10-11,13H,4,6-7,15H2,1-3H3;2,7H,3,5-6H2,1H3;3-4H,1-2H3/b;4-2-;. The molecule has 1 aliphatic heterocycles. The molecule has 13 nitrogen and oxygen atoms in total. The van der Waals surface area contributed by atoms with Crippen LogP contribution in [0.1, 0.15) is 40.5 Å². The van der Waals surface area contributed by atoms with Gasteiger partial charge >= 0.3 is 17.9 Å². The van der Waals surface area contributed by atoms with Crippen LogP contribution in [0.3, 0.4) is 0 Å². The molecule has 198 valence electrons. The van der Waals surface area contributed by atoms with Crippen LogP contribution >= 0.6 is 0 Å². The SMILES string of the molecule is CC(C)O.COC(=O)C1=CCC(N)C(C(CCOC(C)=O)OC(C)=O)O1.COC/C(N)=C/NN. The molecule has 1 aliphatic rings. The van der Waals surface area contributed by atoms with Gasteiger partial charge in [-0.05, 0) is 26.3 Å². The summed E-state index contributed by atoms with van der Waals surface area (Å²) in [5.74, 6) is 3.34. The van der Waals surface area contributed by atoms with E-state index in [4.69, 9.17) is 36.6 Å². The predicted molar refractivity (Wildman–Crippen MR) is 123 cm³/mol. The minimum absolute atomic E-state index is 0.0267. The molecule has 0 spiro atoms. The van der Waals surface area contributed by atoms with E-state index in [1.807, 2.05) is 0 Å². The Morgan fingerprint density at radius 3 is 2.29 bits per heavy atom. The number of methoxy groups -OCH3 is 2. The van der Waals surface area contributed by atoms with E-state index >= 15 is 0 Å². The van der Waals surface area contributed by atoms with E-state index in [2.05, 4.69) is 14.9 Å². The second-order valence-corrected chi connectivity index (χ2v) is 7.23. The van der Waals surface area contributed by atoms with Gasteiger partial charge in [-0.25, -0.2) is 4.79 Å². The highest BCUT2D eigenvalue weighted by molar-refractivity contribution is 5.86. The normalized spacial score (nSPS) is 17.9. The average molecular weight is 493 g/mol. The first-order valence-electron chi connectivity index (χ1n) is 10.5. The molecule has 0 aliphatic carbocycles.